The van der Waals surface area contributed by atoms with Crippen molar-refractivity contribution < 1.29 is 0 Å². The lowest BCUT2D eigenvalue weighted by Gasteiger charge is -1.85. The van der Waals surface area contributed by atoms with Crippen LogP contribution >= 0.6 is 11.8 Å². The molecule has 0 spiro atoms. The molecule has 0 atom stereocenters. The Hall–Kier alpha value is -0.440. The number of allylic oxidation sites excluding steroid dienone is 1. The SMILES string of the molecule is CSCCN=C/C=C\N. The second kappa shape index (κ2) is 7.56. The fraction of sp³-hybridized carbons (Fsp3) is 0.500. The van der Waals surface area contributed by atoms with E-state index in [1.54, 1.807) is 24.1 Å². The Labute approximate surface area is 60.2 Å². The molecule has 3 heteroatoms. The minimum Gasteiger partial charge on any atom is -0.405 e. The number of nitrogens with zero attached hydrogens (tertiary/aromatic N) is 1. The van der Waals surface area contributed by atoms with Gasteiger partial charge < -0.3 is 5.73 Å². The molecule has 2 N–H and O–H groups in total. The predicted octanol–water partition coefficient (Wildman–Crippen LogP) is 0.893. The summed E-state index contributed by atoms with van der Waals surface area (Å²) >= 11 is 1.79. The maximum absolute atomic E-state index is 5.07. The number of hydrogen-bond acceptors (Lipinski definition) is 3. The zero-order valence-electron chi connectivity index (χ0n) is 5.58. The van der Waals surface area contributed by atoms with E-state index in [0.29, 0.717) is 0 Å². The molecule has 0 rings (SSSR count). The van der Waals surface area contributed by atoms with Crippen molar-refractivity contribution in [3.63, 3.8) is 0 Å². The molecule has 0 amide bonds. The lowest BCUT2D eigenvalue weighted by molar-refractivity contribution is 1.16. The van der Waals surface area contributed by atoms with E-state index in [-0.39, 0.29) is 0 Å². The number of hydrogen-bond donors (Lipinski definition) is 1. The standard InChI is InChI=1S/C6H12N2S/c1-9-6-5-8-4-2-3-7/h2-4H,5-7H2,1H3/b3-2-,8-4?. The van der Waals surface area contributed by atoms with Crippen molar-refractivity contribution in [2.24, 2.45) is 10.7 Å². The van der Waals surface area contributed by atoms with Crippen LogP contribution in [-0.2, 0) is 0 Å². The van der Waals surface area contributed by atoms with Gasteiger partial charge in [-0.3, -0.25) is 4.99 Å². The van der Waals surface area contributed by atoms with E-state index in [1.165, 1.54) is 6.20 Å². The Bertz CT molecular complexity index is 99.2. The maximum Gasteiger partial charge on any atom is 0.0479 e. The molecule has 0 aliphatic carbocycles. The van der Waals surface area contributed by atoms with Crippen molar-refractivity contribution >= 4 is 18.0 Å². The smallest absolute Gasteiger partial charge is 0.0479 e. The van der Waals surface area contributed by atoms with Gasteiger partial charge in [0.1, 0.15) is 0 Å². The lowest BCUT2D eigenvalue weighted by Crippen LogP contribution is -1.83. The van der Waals surface area contributed by atoms with Gasteiger partial charge in [-0.25, -0.2) is 0 Å². The summed E-state index contributed by atoms with van der Waals surface area (Å²) < 4.78 is 0. The van der Waals surface area contributed by atoms with E-state index >= 15 is 0 Å². The molecule has 0 unspecified atom stereocenters. The van der Waals surface area contributed by atoms with Crippen molar-refractivity contribution in [2.75, 3.05) is 18.6 Å². The fourth-order valence-electron chi connectivity index (χ4n) is 0.329. The van der Waals surface area contributed by atoms with Crippen LogP contribution in [0.1, 0.15) is 0 Å². The molecule has 0 radical (unpaired) electrons. The third-order valence-corrected chi connectivity index (χ3v) is 1.32. The van der Waals surface area contributed by atoms with Crippen LogP contribution in [0.4, 0.5) is 0 Å². The van der Waals surface area contributed by atoms with Gasteiger partial charge in [0.25, 0.3) is 0 Å². The summed E-state index contributed by atoms with van der Waals surface area (Å²) in [5, 5.41) is 0. The molecule has 0 aromatic rings. The summed E-state index contributed by atoms with van der Waals surface area (Å²) in [5.74, 6) is 1.08. The summed E-state index contributed by atoms with van der Waals surface area (Å²) in [4.78, 5) is 4.04. The molecule has 0 bridgehead atoms. The molecular weight excluding hydrogens is 132 g/mol. The zero-order chi connectivity index (χ0) is 6.95. The highest BCUT2D eigenvalue weighted by atomic mass is 32.2. The first-order valence-electron chi connectivity index (χ1n) is 2.77. The molecule has 0 aliphatic rings. The first-order valence-corrected chi connectivity index (χ1v) is 4.17. The molecule has 2 nitrogen and oxygen atoms in total. The Morgan fingerprint density at radius 3 is 3.00 bits per heavy atom. The van der Waals surface area contributed by atoms with Crippen LogP contribution < -0.4 is 5.73 Å². The topological polar surface area (TPSA) is 38.4 Å². The van der Waals surface area contributed by atoms with E-state index in [4.69, 9.17) is 5.73 Å². The van der Waals surface area contributed by atoms with Crippen LogP contribution in [0.15, 0.2) is 17.3 Å². The number of aliphatic imine (C=N–C) groups is 1. The van der Waals surface area contributed by atoms with Gasteiger partial charge in [0.05, 0.1) is 0 Å². The highest BCUT2D eigenvalue weighted by Crippen LogP contribution is 1.88. The van der Waals surface area contributed by atoms with Gasteiger partial charge in [-0.2, -0.15) is 11.8 Å². The van der Waals surface area contributed by atoms with Gasteiger partial charge in [0.2, 0.25) is 0 Å². The van der Waals surface area contributed by atoms with Crippen LogP contribution in [0.2, 0.25) is 0 Å². The molecule has 0 saturated heterocycles. The Kier molecular flexibility index (Phi) is 7.19. The van der Waals surface area contributed by atoms with Gasteiger partial charge >= 0.3 is 0 Å². The minimum absolute atomic E-state index is 0.880. The molecule has 0 saturated carbocycles. The molecule has 52 valence electrons. The predicted molar refractivity (Wildman–Crippen MR) is 45.1 cm³/mol. The molecule has 9 heavy (non-hydrogen) atoms. The molecule has 0 heterocycles. The third kappa shape index (κ3) is 7.56. The van der Waals surface area contributed by atoms with Crippen molar-refractivity contribution in [3.8, 4) is 0 Å². The van der Waals surface area contributed by atoms with E-state index in [2.05, 4.69) is 11.2 Å². The van der Waals surface area contributed by atoms with Crippen LogP contribution in [0, 0.1) is 0 Å². The largest absolute Gasteiger partial charge is 0.405 e. The number of thioether (sulfide) groups is 1. The van der Waals surface area contributed by atoms with Crippen LogP contribution in [-0.4, -0.2) is 24.8 Å². The first-order chi connectivity index (χ1) is 4.41. The normalized spacial score (nSPS) is 11.7. The van der Waals surface area contributed by atoms with Crippen molar-refractivity contribution in [1.29, 1.82) is 0 Å². The summed E-state index contributed by atoms with van der Waals surface area (Å²) in [5.41, 5.74) is 5.07. The summed E-state index contributed by atoms with van der Waals surface area (Å²) in [6, 6.07) is 0. The summed E-state index contributed by atoms with van der Waals surface area (Å²) in [6.07, 6.45) is 6.98. The highest BCUT2D eigenvalue weighted by molar-refractivity contribution is 7.98. The lowest BCUT2D eigenvalue weighted by atomic mass is 10.6. The fourth-order valence-corrected chi connectivity index (χ4v) is 0.617. The molecule has 0 aromatic carbocycles. The Balaban J connectivity index is 3.04. The van der Waals surface area contributed by atoms with E-state index < -0.39 is 0 Å². The number of rotatable bonds is 4. The minimum atomic E-state index is 0.880. The second-order valence-corrected chi connectivity index (χ2v) is 2.42. The van der Waals surface area contributed by atoms with Gasteiger partial charge in [0, 0.05) is 18.5 Å². The van der Waals surface area contributed by atoms with Crippen molar-refractivity contribution in [1.82, 2.24) is 0 Å². The van der Waals surface area contributed by atoms with E-state index in [0.717, 1.165) is 12.3 Å². The summed E-state index contributed by atoms with van der Waals surface area (Å²) in [6.45, 7) is 0.880. The maximum atomic E-state index is 5.07. The first kappa shape index (κ1) is 8.56. The number of nitrogens with two attached hydrogens (primary N) is 1. The average molecular weight is 144 g/mol. The van der Waals surface area contributed by atoms with Crippen molar-refractivity contribution in [2.45, 2.75) is 0 Å². The average Bonchev–Trinajstić information content (AvgIpc) is 1.89. The van der Waals surface area contributed by atoms with E-state index in [1.807, 2.05) is 0 Å². The molecule has 0 fully saturated rings. The molecule has 0 aromatic heterocycles. The second-order valence-electron chi connectivity index (χ2n) is 1.43. The van der Waals surface area contributed by atoms with Gasteiger partial charge in [-0.05, 0) is 18.5 Å². The van der Waals surface area contributed by atoms with Crippen LogP contribution in [0.25, 0.3) is 0 Å². The zero-order valence-corrected chi connectivity index (χ0v) is 6.40. The van der Waals surface area contributed by atoms with E-state index in [9.17, 15) is 0 Å². The Morgan fingerprint density at radius 2 is 2.44 bits per heavy atom. The van der Waals surface area contributed by atoms with Crippen LogP contribution in [0.3, 0.4) is 0 Å². The van der Waals surface area contributed by atoms with Crippen LogP contribution in [0.5, 0.6) is 0 Å². The monoisotopic (exact) mass is 144 g/mol. The summed E-state index contributed by atoms with van der Waals surface area (Å²) in [7, 11) is 0. The van der Waals surface area contributed by atoms with Gasteiger partial charge in [0.15, 0.2) is 0 Å². The molecule has 0 aliphatic heterocycles. The van der Waals surface area contributed by atoms with Gasteiger partial charge in [-0.1, -0.05) is 0 Å². The third-order valence-electron chi connectivity index (χ3n) is 0.727. The van der Waals surface area contributed by atoms with Gasteiger partial charge in [-0.15, -0.1) is 0 Å². The highest BCUT2D eigenvalue weighted by Gasteiger charge is 1.74. The Morgan fingerprint density at radius 1 is 1.67 bits per heavy atom. The quantitative estimate of drug-likeness (QED) is 0.470. The molecular formula is C6H12N2S. The van der Waals surface area contributed by atoms with Crippen molar-refractivity contribution in [3.05, 3.63) is 12.3 Å².